The van der Waals surface area contributed by atoms with E-state index in [9.17, 15) is 13.6 Å². The molecule has 5 aromatic rings. The standard InChI is InChI=1S/2C16H22N2.C15H19FN2.C15H21N3.C15H20N2.C14H20FN3.C13H23N3O/c2*1-5-14-6-7-16(17-10-14)18-9-8-15(12(2)3)13(4)11-18;1-4-12-5-6-15(17-9-12)18-8-7-13(11(2)3)14(16)10-18;1-5-13-6-7-15(17-16-13)18-9-8-14(11(2)3)12(4)10-18;1-4-13-5-6-15(16-11-13)17-9-7-14(8-10-17)12(2)3;1-4-11-5-6-14(17-16-11)18-8-7-12(10(2)3)13(15)9-18;1-10(2)12-9-15(8-5-11(12)3)13(17)16-7-4-6-14-16/h2*1,6-7,10,12-13,15H,8-9,11H2,2-4H3;1,5-6,9,11,13-14H,7-8,10H2,2-3H3;1,6-7,11-12,14H,8-10H2,2-4H3;1,5-6,11-12,14H,7-10H2,2-3H3;1,5-6,10,12-13,16-17H,7-9H2,2-3H3;6,10-12H,4-5,7-9H2,1-3H3/t2*13-,15-;13-,14-;12-,14-;;12-,13-;11-,12-/m1001.01/s1. The lowest BCUT2D eigenvalue weighted by molar-refractivity contribution is 0.0744. The van der Waals surface area contributed by atoms with E-state index in [2.05, 4.69) is 226 Å². The Bertz CT molecular complexity index is 4070. The van der Waals surface area contributed by atoms with Gasteiger partial charge in [0.15, 0.2) is 5.82 Å². The third-order valence-electron chi connectivity index (χ3n) is 27.2. The highest BCUT2D eigenvalue weighted by Gasteiger charge is 2.37. The molecule has 14 heterocycles. The predicted molar refractivity (Wildman–Crippen MR) is 511 cm³/mol. The summed E-state index contributed by atoms with van der Waals surface area (Å²) >= 11 is 0. The van der Waals surface area contributed by atoms with Gasteiger partial charge in [-0.05, 0) is 237 Å². The fourth-order valence-corrected chi connectivity index (χ4v) is 19.4. The van der Waals surface area contributed by atoms with Gasteiger partial charge in [0.25, 0.3) is 0 Å². The SMILES string of the molecule is C#CC1=CC=C(N2CC[C@@H](C(C)C)[C@@H](F)C2)NN1.C#Cc1ccc(N2CCC(C(C)C)CC2)nc1.C#Cc1ccc(N2CC[C@@H](C(C)C)[C@@H](C)C2)nc1.C#Cc1ccc(N2CC[C@@H](C(C)C)[C@@H](F)C2)nc1.C#Cc1ccc(N2CC[C@H](C(C)C)[C@H](C)C2)nc1.C#Cc1ccc(N2CC[C@H](C(C)C)[C@H](C)C2)nn1.CC(C)[C@H]1CN(C(=O)N2CCC=N2)CC[C@H]1C. The van der Waals surface area contributed by atoms with E-state index in [4.69, 9.17) is 38.5 Å². The first-order valence-electron chi connectivity index (χ1n) is 46.2. The van der Waals surface area contributed by atoms with Crippen molar-refractivity contribution in [2.24, 2.45) is 112 Å². The fraction of sp³-hybridized carbons (Fsp3) is 0.596. The number of hydrogen-bond donors (Lipinski definition) is 2. The largest absolute Gasteiger partial charge is 0.357 e. The number of hydrazone groups is 1. The van der Waals surface area contributed by atoms with Crippen LogP contribution in [0.15, 0.2) is 114 Å². The molecule has 7 fully saturated rings. The molecular formula is C104H147F2N17O. The first-order valence-corrected chi connectivity index (χ1v) is 46.2. The Balaban J connectivity index is 0.000000179. The molecule has 9 aliphatic rings. The Morgan fingerprint density at radius 2 is 0.750 bits per heavy atom. The fourth-order valence-electron chi connectivity index (χ4n) is 19.4. The number of hydrogen-bond acceptors (Lipinski definition) is 16. The van der Waals surface area contributed by atoms with Crippen LogP contribution in [0.25, 0.3) is 0 Å². The lowest BCUT2D eigenvalue weighted by Gasteiger charge is -2.39. The minimum Gasteiger partial charge on any atom is -0.357 e. The summed E-state index contributed by atoms with van der Waals surface area (Å²) in [5.74, 6) is 33.0. The molecule has 2 N–H and O–H groups in total. The van der Waals surface area contributed by atoms with Crippen LogP contribution in [-0.2, 0) is 0 Å². The van der Waals surface area contributed by atoms with E-state index in [-0.39, 0.29) is 17.9 Å². The quantitative estimate of drug-likeness (QED) is 0.107. The number of carbonyl (C=O) groups excluding carboxylic acids is 1. The number of terminal acetylenes is 6. The number of hydrazine groups is 1. The molecule has 2 amide bonds. The highest BCUT2D eigenvalue weighted by Crippen LogP contribution is 2.37. The van der Waals surface area contributed by atoms with Crippen molar-refractivity contribution in [2.45, 2.75) is 195 Å². The molecule has 0 unspecified atom stereocenters. The second kappa shape index (κ2) is 49.4. The summed E-state index contributed by atoms with van der Waals surface area (Å²) in [5, 5.41) is 14.0. The summed E-state index contributed by atoms with van der Waals surface area (Å²) in [6, 6.07) is 19.7. The number of allylic oxidation sites excluding steroid dienone is 3. The number of carbonyl (C=O) groups is 1. The molecule has 0 bridgehead atoms. The highest BCUT2D eigenvalue weighted by atomic mass is 19.1. The van der Waals surface area contributed by atoms with E-state index in [0.29, 0.717) is 54.1 Å². The smallest absolute Gasteiger partial charge is 0.340 e. The van der Waals surface area contributed by atoms with Gasteiger partial charge in [-0.1, -0.05) is 154 Å². The zero-order valence-electron chi connectivity index (χ0n) is 78.2. The van der Waals surface area contributed by atoms with E-state index in [1.165, 1.54) is 32.1 Å². The van der Waals surface area contributed by atoms with Gasteiger partial charge in [0.05, 0.1) is 19.6 Å². The number of amides is 2. The monoisotopic (exact) mass is 1690 g/mol. The summed E-state index contributed by atoms with van der Waals surface area (Å²) in [4.78, 5) is 45.3. The van der Waals surface area contributed by atoms with Crippen molar-refractivity contribution in [2.75, 3.05) is 123 Å². The molecule has 0 spiro atoms. The van der Waals surface area contributed by atoms with Crippen LogP contribution in [0.2, 0.25) is 0 Å². The summed E-state index contributed by atoms with van der Waals surface area (Å²) in [6.45, 7) is 54.7. The second-order valence-corrected chi connectivity index (χ2v) is 38.0. The number of halogens is 2. The average molecular weight is 1690 g/mol. The number of piperidine rings is 7. The lowest BCUT2D eigenvalue weighted by atomic mass is 9.79. The van der Waals surface area contributed by atoms with Gasteiger partial charge in [0.2, 0.25) is 0 Å². The number of rotatable bonds is 13. The summed E-state index contributed by atoms with van der Waals surface area (Å²) in [6.07, 6.45) is 53.0. The van der Waals surface area contributed by atoms with Gasteiger partial charge >= 0.3 is 6.03 Å². The van der Waals surface area contributed by atoms with E-state index in [1.54, 1.807) is 29.8 Å². The van der Waals surface area contributed by atoms with Crippen molar-refractivity contribution in [3.63, 3.8) is 0 Å². The number of alkyl halides is 2. The summed E-state index contributed by atoms with van der Waals surface area (Å²) in [7, 11) is 0. The predicted octanol–water partition coefficient (Wildman–Crippen LogP) is 18.9. The normalized spacial score (nSPS) is 24.4. The molecule has 14 rings (SSSR count). The van der Waals surface area contributed by atoms with Crippen molar-refractivity contribution in [1.29, 1.82) is 0 Å². The van der Waals surface area contributed by atoms with Crippen LogP contribution in [0.3, 0.4) is 0 Å². The number of pyridine rings is 4. The Morgan fingerprint density at radius 3 is 1.07 bits per heavy atom. The minimum absolute atomic E-state index is 0.0938. The molecule has 20 heteroatoms. The van der Waals surface area contributed by atoms with E-state index >= 15 is 0 Å². The molecule has 5 aromatic heterocycles. The maximum Gasteiger partial charge on any atom is 0.340 e. The third-order valence-corrected chi connectivity index (χ3v) is 27.2. The number of likely N-dealkylation sites (tertiary alicyclic amines) is 2. The molecule has 0 radical (unpaired) electrons. The zero-order chi connectivity index (χ0) is 90.3. The van der Waals surface area contributed by atoms with Crippen molar-refractivity contribution >= 4 is 41.3 Å². The Morgan fingerprint density at radius 1 is 0.371 bits per heavy atom. The van der Waals surface area contributed by atoms with Crippen LogP contribution in [0.1, 0.15) is 210 Å². The average Bonchev–Trinajstić information content (AvgIpc) is 1.80. The Hall–Kier alpha value is -10.3. The van der Waals surface area contributed by atoms with Crippen molar-refractivity contribution < 1.29 is 13.6 Å². The first kappa shape index (κ1) is 99.1. The molecule has 0 aromatic carbocycles. The van der Waals surface area contributed by atoms with Crippen LogP contribution in [0.5, 0.6) is 0 Å². The van der Waals surface area contributed by atoms with Gasteiger partial charge in [0, 0.05) is 138 Å². The molecule has 9 aliphatic heterocycles. The molecule has 18 nitrogen and oxygen atoms in total. The molecule has 7 saturated heterocycles. The minimum atomic E-state index is -0.770. The molecule has 0 aliphatic carbocycles. The molecule has 0 saturated carbocycles. The van der Waals surface area contributed by atoms with Crippen LogP contribution in [0.4, 0.5) is 42.7 Å². The molecule has 668 valence electrons. The summed E-state index contributed by atoms with van der Waals surface area (Å²) < 4.78 is 28.2. The van der Waals surface area contributed by atoms with E-state index in [1.807, 2.05) is 93.7 Å². The zero-order valence-corrected chi connectivity index (χ0v) is 78.2. The molecule has 124 heavy (non-hydrogen) atoms. The Kier molecular flexibility index (Phi) is 39.5. The van der Waals surface area contributed by atoms with Crippen molar-refractivity contribution in [1.82, 2.24) is 55.8 Å². The van der Waals surface area contributed by atoms with Crippen LogP contribution in [0, 0.1) is 181 Å². The molecule has 12 atom stereocenters. The topological polar surface area (TPSA) is 157 Å². The summed E-state index contributed by atoms with van der Waals surface area (Å²) in [5.41, 5.74) is 10.5. The number of aromatic nitrogens is 6. The maximum atomic E-state index is 14.1. The van der Waals surface area contributed by atoms with Crippen LogP contribution >= 0.6 is 0 Å². The van der Waals surface area contributed by atoms with Gasteiger partial charge in [-0.3, -0.25) is 10.9 Å². The number of urea groups is 1. The number of nitrogens with one attached hydrogen (secondary N) is 2. The van der Waals surface area contributed by atoms with Gasteiger partial charge < -0.3 is 34.3 Å². The van der Waals surface area contributed by atoms with Crippen LogP contribution in [-0.4, -0.2) is 168 Å². The number of nitrogens with zero attached hydrogens (tertiary/aromatic N) is 15. The van der Waals surface area contributed by atoms with Gasteiger partial charge in [-0.15, -0.1) is 48.7 Å². The van der Waals surface area contributed by atoms with Crippen LogP contribution < -0.4 is 35.4 Å². The maximum absolute atomic E-state index is 14.1. The van der Waals surface area contributed by atoms with Gasteiger partial charge in [0.1, 0.15) is 52.8 Å². The van der Waals surface area contributed by atoms with Gasteiger partial charge in [-0.2, -0.15) is 5.10 Å². The second-order valence-electron chi connectivity index (χ2n) is 38.0. The van der Waals surface area contributed by atoms with E-state index in [0.717, 1.165) is 233 Å². The van der Waals surface area contributed by atoms with Crippen molar-refractivity contribution in [3.8, 4) is 74.1 Å². The lowest BCUT2D eigenvalue weighted by Crippen LogP contribution is -2.48. The number of anilines is 5. The highest BCUT2D eigenvalue weighted by molar-refractivity contribution is 5.77. The van der Waals surface area contributed by atoms with Crippen molar-refractivity contribution in [3.05, 3.63) is 137 Å². The Labute approximate surface area is 746 Å². The third kappa shape index (κ3) is 29.2. The molecular weight excluding hydrogens is 1540 g/mol. The van der Waals surface area contributed by atoms with Gasteiger partial charge in [-0.25, -0.2) is 38.5 Å². The first-order chi connectivity index (χ1) is 59.4. The van der Waals surface area contributed by atoms with E-state index < -0.39 is 12.3 Å².